The molecular formula is C15H10BrN2O2. The Hall–Kier alpha value is -2.19. The van der Waals surface area contributed by atoms with Crippen molar-refractivity contribution in [2.45, 2.75) is 13.3 Å². The first-order valence-electron chi connectivity index (χ1n) is 5.95. The Morgan fingerprint density at radius 1 is 1.40 bits per heavy atom. The first-order valence-corrected chi connectivity index (χ1v) is 6.75. The molecule has 0 saturated carbocycles. The molecule has 1 radical (unpaired) electrons. The molecule has 0 atom stereocenters. The van der Waals surface area contributed by atoms with E-state index >= 15 is 0 Å². The predicted octanol–water partition coefficient (Wildman–Crippen LogP) is 4.26. The van der Waals surface area contributed by atoms with Crippen molar-refractivity contribution >= 4 is 21.6 Å². The molecule has 4 nitrogen and oxygen atoms in total. The van der Waals surface area contributed by atoms with Crippen molar-refractivity contribution in [2.75, 3.05) is 0 Å². The number of hydrogen-bond donors (Lipinski definition) is 0. The fourth-order valence-corrected chi connectivity index (χ4v) is 2.42. The van der Waals surface area contributed by atoms with Gasteiger partial charge in [-0.2, -0.15) is 5.26 Å². The van der Waals surface area contributed by atoms with E-state index in [0.29, 0.717) is 11.1 Å². The van der Waals surface area contributed by atoms with Gasteiger partial charge in [-0.05, 0) is 41.8 Å². The summed E-state index contributed by atoms with van der Waals surface area (Å²) >= 11 is 3.41. The number of nitro groups is 1. The zero-order valence-corrected chi connectivity index (χ0v) is 12.3. The highest BCUT2D eigenvalue weighted by molar-refractivity contribution is 9.10. The predicted molar refractivity (Wildman–Crippen MR) is 79.2 cm³/mol. The number of hydrogen-bond acceptors (Lipinski definition) is 3. The summed E-state index contributed by atoms with van der Waals surface area (Å²) in [5, 5.41) is 19.9. The Balaban J connectivity index is 2.69. The van der Waals surface area contributed by atoms with Crippen LogP contribution in [0.15, 0.2) is 34.8 Å². The standard InChI is InChI=1S/C15H10BrN2O2/c1-2-11-4-3-10(9-17)7-13(11)14-8-12(18(19)20)5-6-15(14)16/h3,5-8H,2H2,1H3. The first-order chi connectivity index (χ1) is 9.56. The molecule has 0 spiro atoms. The van der Waals surface area contributed by atoms with Gasteiger partial charge < -0.3 is 0 Å². The second kappa shape index (κ2) is 5.85. The maximum absolute atomic E-state index is 10.9. The largest absolute Gasteiger partial charge is 0.270 e. The molecule has 0 heterocycles. The van der Waals surface area contributed by atoms with Gasteiger partial charge in [0.25, 0.3) is 5.69 Å². The molecule has 0 aromatic heterocycles. The maximum atomic E-state index is 10.9. The number of nitriles is 1. The van der Waals surface area contributed by atoms with Gasteiger partial charge in [0.2, 0.25) is 0 Å². The van der Waals surface area contributed by atoms with Crippen LogP contribution in [0.5, 0.6) is 0 Å². The molecule has 0 N–H and O–H groups in total. The number of halogens is 1. The first kappa shape index (κ1) is 14.2. The minimum absolute atomic E-state index is 0.0209. The summed E-state index contributed by atoms with van der Waals surface area (Å²) in [6, 6.07) is 13.1. The summed E-state index contributed by atoms with van der Waals surface area (Å²) in [6.07, 6.45) is 0.732. The minimum Gasteiger partial charge on any atom is -0.258 e. The Labute approximate surface area is 124 Å². The van der Waals surface area contributed by atoms with Crippen molar-refractivity contribution in [3.63, 3.8) is 0 Å². The van der Waals surface area contributed by atoms with E-state index in [9.17, 15) is 10.1 Å². The molecule has 2 rings (SSSR count). The van der Waals surface area contributed by atoms with Crippen LogP contribution in [-0.2, 0) is 6.42 Å². The van der Waals surface area contributed by atoms with Crippen LogP contribution in [0.4, 0.5) is 5.69 Å². The molecule has 0 aliphatic carbocycles. The molecule has 0 unspecified atom stereocenters. The van der Waals surface area contributed by atoms with E-state index in [1.54, 1.807) is 18.2 Å². The van der Waals surface area contributed by atoms with Gasteiger partial charge >= 0.3 is 0 Å². The van der Waals surface area contributed by atoms with Gasteiger partial charge in [0.15, 0.2) is 0 Å². The summed E-state index contributed by atoms with van der Waals surface area (Å²) in [7, 11) is 0. The molecule has 0 saturated heterocycles. The average Bonchev–Trinajstić information content (AvgIpc) is 2.46. The molecule has 0 aliphatic rings. The van der Waals surface area contributed by atoms with E-state index in [1.807, 2.05) is 6.92 Å². The van der Waals surface area contributed by atoms with E-state index in [4.69, 9.17) is 5.26 Å². The van der Waals surface area contributed by atoms with Crippen molar-refractivity contribution in [3.05, 3.63) is 62.1 Å². The highest BCUT2D eigenvalue weighted by Crippen LogP contribution is 2.34. The third kappa shape index (κ3) is 2.70. The summed E-state index contributed by atoms with van der Waals surface area (Å²) in [5.41, 5.74) is 2.92. The Bertz CT molecular complexity index is 720. The van der Waals surface area contributed by atoms with Crippen molar-refractivity contribution in [2.24, 2.45) is 0 Å². The molecule has 0 bridgehead atoms. The van der Waals surface area contributed by atoms with E-state index in [1.165, 1.54) is 12.1 Å². The van der Waals surface area contributed by atoms with Crippen molar-refractivity contribution in [3.8, 4) is 17.2 Å². The lowest BCUT2D eigenvalue weighted by atomic mass is 9.96. The van der Waals surface area contributed by atoms with E-state index in [-0.39, 0.29) is 5.69 Å². The van der Waals surface area contributed by atoms with Crippen molar-refractivity contribution in [1.29, 1.82) is 5.26 Å². The molecule has 2 aromatic rings. The smallest absolute Gasteiger partial charge is 0.258 e. The highest BCUT2D eigenvalue weighted by Gasteiger charge is 2.14. The SMILES string of the molecule is CCc1[c]cc(C#N)cc1-c1cc([N+](=O)[O-])ccc1Br. The zero-order valence-electron chi connectivity index (χ0n) is 10.7. The Kier molecular flexibility index (Phi) is 4.16. The third-order valence-electron chi connectivity index (χ3n) is 2.96. The van der Waals surface area contributed by atoms with Crippen LogP contribution in [0, 0.1) is 27.5 Å². The monoisotopic (exact) mass is 329 g/mol. The van der Waals surface area contributed by atoms with Gasteiger partial charge in [0.05, 0.1) is 16.6 Å². The number of nitrogens with zero attached hydrogens (tertiary/aromatic N) is 2. The molecular weight excluding hydrogens is 320 g/mol. The molecule has 0 fully saturated rings. The van der Waals surface area contributed by atoms with Gasteiger partial charge in [-0.3, -0.25) is 10.1 Å². The summed E-state index contributed by atoms with van der Waals surface area (Å²) < 4.78 is 0.751. The number of non-ortho nitro benzene ring substituents is 1. The molecule has 0 amide bonds. The highest BCUT2D eigenvalue weighted by atomic mass is 79.9. The Morgan fingerprint density at radius 2 is 2.15 bits per heavy atom. The van der Waals surface area contributed by atoms with Gasteiger partial charge in [-0.15, -0.1) is 0 Å². The number of benzene rings is 2. The second-order valence-corrected chi connectivity index (χ2v) is 5.02. The Morgan fingerprint density at radius 3 is 2.75 bits per heavy atom. The summed E-state index contributed by atoms with van der Waals surface area (Å²) in [5.74, 6) is 0. The van der Waals surface area contributed by atoms with Crippen molar-refractivity contribution < 1.29 is 4.92 Å². The van der Waals surface area contributed by atoms with Gasteiger partial charge in [-0.1, -0.05) is 22.9 Å². The molecule has 20 heavy (non-hydrogen) atoms. The van der Waals surface area contributed by atoms with Crippen LogP contribution in [0.25, 0.3) is 11.1 Å². The summed E-state index contributed by atoms with van der Waals surface area (Å²) in [6.45, 7) is 1.98. The van der Waals surface area contributed by atoms with Crippen LogP contribution in [0.2, 0.25) is 0 Å². The third-order valence-corrected chi connectivity index (χ3v) is 3.65. The normalized spacial score (nSPS) is 10.1. The molecule has 5 heteroatoms. The average molecular weight is 330 g/mol. The quantitative estimate of drug-likeness (QED) is 0.624. The van der Waals surface area contributed by atoms with Crippen LogP contribution in [-0.4, -0.2) is 4.92 Å². The lowest BCUT2D eigenvalue weighted by Crippen LogP contribution is -1.93. The number of rotatable bonds is 3. The van der Waals surface area contributed by atoms with Crippen molar-refractivity contribution in [1.82, 2.24) is 0 Å². The van der Waals surface area contributed by atoms with Crippen LogP contribution >= 0.6 is 15.9 Å². The van der Waals surface area contributed by atoms with Crippen LogP contribution in [0.3, 0.4) is 0 Å². The summed E-state index contributed by atoms with van der Waals surface area (Å²) in [4.78, 5) is 10.5. The fraction of sp³-hybridized carbons (Fsp3) is 0.133. The second-order valence-electron chi connectivity index (χ2n) is 4.17. The maximum Gasteiger partial charge on any atom is 0.270 e. The van der Waals surface area contributed by atoms with Gasteiger partial charge in [-0.25, -0.2) is 0 Å². The number of nitro benzene ring substituents is 1. The molecule has 99 valence electrons. The number of aryl methyl sites for hydroxylation is 1. The van der Waals surface area contributed by atoms with Gasteiger partial charge in [0.1, 0.15) is 0 Å². The molecule has 0 aliphatic heterocycles. The van der Waals surface area contributed by atoms with Crippen LogP contribution in [0.1, 0.15) is 18.1 Å². The lowest BCUT2D eigenvalue weighted by molar-refractivity contribution is -0.384. The lowest BCUT2D eigenvalue weighted by Gasteiger charge is -2.10. The minimum atomic E-state index is -0.431. The zero-order chi connectivity index (χ0) is 14.7. The fourth-order valence-electron chi connectivity index (χ4n) is 1.96. The van der Waals surface area contributed by atoms with E-state index in [0.717, 1.165) is 22.0 Å². The van der Waals surface area contributed by atoms with Gasteiger partial charge in [0, 0.05) is 22.2 Å². The molecule has 2 aromatic carbocycles. The topological polar surface area (TPSA) is 66.9 Å². The van der Waals surface area contributed by atoms with E-state index < -0.39 is 4.92 Å². The van der Waals surface area contributed by atoms with Crippen LogP contribution < -0.4 is 0 Å². The van der Waals surface area contributed by atoms with E-state index in [2.05, 4.69) is 28.1 Å².